The van der Waals surface area contributed by atoms with Crippen molar-refractivity contribution in [1.29, 1.82) is 0 Å². The van der Waals surface area contributed by atoms with Gasteiger partial charge in [-0.3, -0.25) is 9.21 Å². The maximum absolute atomic E-state index is 12.3. The monoisotopic (exact) mass is 312 g/mol. The predicted molar refractivity (Wildman–Crippen MR) is 90.5 cm³/mol. The Balaban J connectivity index is 3.20. The van der Waals surface area contributed by atoms with Crippen molar-refractivity contribution in [1.82, 2.24) is 4.90 Å². The van der Waals surface area contributed by atoms with Crippen LogP contribution < -0.4 is 4.31 Å². The van der Waals surface area contributed by atoms with E-state index in [-0.39, 0.29) is 6.04 Å². The number of para-hydroxylation sites is 1. The number of benzene rings is 1. The molecule has 0 aliphatic rings. The normalized spacial score (nSPS) is 13.5. The zero-order valence-corrected chi connectivity index (χ0v) is 14.9. The van der Waals surface area contributed by atoms with Crippen molar-refractivity contribution < 1.29 is 8.42 Å². The van der Waals surface area contributed by atoms with Crippen LogP contribution in [0.5, 0.6) is 0 Å². The first kappa shape index (κ1) is 18.0. The van der Waals surface area contributed by atoms with Crippen molar-refractivity contribution >= 4 is 15.7 Å². The zero-order valence-electron chi connectivity index (χ0n) is 14.0. The van der Waals surface area contributed by atoms with Crippen LogP contribution in [0.1, 0.15) is 31.9 Å². The van der Waals surface area contributed by atoms with Gasteiger partial charge in [-0.2, -0.15) is 0 Å². The second kappa shape index (κ2) is 7.27. The Bertz CT molecular complexity index is 545. The average Bonchev–Trinajstić information content (AvgIpc) is 2.37. The van der Waals surface area contributed by atoms with Gasteiger partial charge in [0.15, 0.2) is 0 Å². The van der Waals surface area contributed by atoms with Gasteiger partial charge in [-0.05, 0) is 45.0 Å². The van der Waals surface area contributed by atoms with E-state index < -0.39 is 10.0 Å². The second-order valence-electron chi connectivity index (χ2n) is 5.60. The Labute approximate surface area is 129 Å². The van der Waals surface area contributed by atoms with E-state index in [4.69, 9.17) is 0 Å². The molecule has 0 radical (unpaired) electrons. The van der Waals surface area contributed by atoms with Gasteiger partial charge >= 0.3 is 0 Å². The van der Waals surface area contributed by atoms with Gasteiger partial charge < -0.3 is 0 Å². The molecular formula is C16H28N2O2S. The van der Waals surface area contributed by atoms with Gasteiger partial charge in [-0.25, -0.2) is 8.42 Å². The third kappa shape index (κ3) is 4.45. The topological polar surface area (TPSA) is 40.6 Å². The van der Waals surface area contributed by atoms with Gasteiger partial charge in [0.05, 0.1) is 11.9 Å². The summed E-state index contributed by atoms with van der Waals surface area (Å²) in [5.74, 6) is 0. The van der Waals surface area contributed by atoms with Crippen molar-refractivity contribution in [3.8, 4) is 0 Å². The van der Waals surface area contributed by atoms with Crippen molar-refractivity contribution in [2.45, 2.75) is 40.7 Å². The Morgan fingerprint density at radius 3 is 1.95 bits per heavy atom. The molecule has 1 unspecified atom stereocenters. The average molecular weight is 312 g/mol. The van der Waals surface area contributed by atoms with Crippen molar-refractivity contribution in [3.63, 3.8) is 0 Å². The van der Waals surface area contributed by atoms with E-state index in [1.807, 2.05) is 32.0 Å². The fourth-order valence-electron chi connectivity index (χ4n) is 2.79. The lowest BCUT2D eigenvalue weighted by Crippen LogP contribution is -2.44. The first-order valence-corrected chi connectivity index (χ1v) is 9.35. The minimum atomic E-state index is -3.30. The molecule has 0 N–H and O–H groups in total. The van der Waals surface area contributed by atoms with Crippen LogP contribution in [0.4, 0.5) is 5.69 Å². The Hall–Kier alpha value is -1.07. The standard InChI is InChI=1S/C16H28N2O2S/c1-7-17(8-2)15(5)12-18(21(6,19)20)16-13(3)10-9-11-14(16)4/h9-11,15H,7-8,12H2,1-6H3. The first-order valence-electron chi connectivity index (χ1n) is 7.50. The lowest BCUT2D eigenvalue weighted by molar-refractivity contribution is 0.237. The highest BCUT2D eigenvalue weighted by Crippen LogP contribution is 2.27. The quantitative estimate of drug-likeness (QED) is 0.777. The van der Waals surface area contributed by atoms with E-state index in [0.29, 0.717) is 6.54 Å². The molecule has 1 aromatic carbocycles. The molecule has 5 heteroatoms. The van der Waals surface area contributed by atoms with Crippen LogP contribution >= 0.6 is 0 Å². The van der Waals surface area contributed by atoms with Crippen molar-refractivity contribution in [3.05, 3.63) is 29.3 Å². The molecule has 1 aromatic rings. The molecule has 0 aliphatic heterocycles. The van der Waals surface area contributed by atoms with Crippen LogP contribution in [0.25, 0.3) is 0 Å². The highest BCUT2D eigenvalue weighted by Gasteiger charge is 2.24. The molecule has 0 saturated carbocycles. The SMILES string of the molecule is CCN(CC)C(C)CN(c1c(C)cccc1C)S(C)(=O)=O. The molecular weight excluding hydrogens is 284 g/mol. The highest BCUT2D eigenvalue weighted by atomic mass is 32.2. The van der Waals surface area contributed by atoms with Crippen LogP contribution in [0, 0.1) is 13.8 Å². The second-order valence-corrected chi connectivity index (χ2v) is 7.51. The van der Waals surface area contributed by atoms with Gasteiger partial charge in [0, 0.05) is 12.6 Å². The zero-order chi connectivity index (χ0) is 16.2. The number of hydrogen-bond acceptors (Lipinski definition) is 3. The fourth-order valence-corrected chi connectivity index (χ4v) is 3.90. The first-order chi connectivity index (χ1) is 9.72. The summed E-state index contributed by atoms with van der Waals surface area (Å²) in [6, 6.07) is 6.06. The Kier molecular flexibility index (Phi) is 6.23. The van der Waals surface area contributed by atoms with Gasteiger partial charge in [0.1, 0.15) is 0 Å². The lowest BCUT2D eigenvalue weighted by atomic mass is 10.1. The Morgan fingerprint density at radius 2 is 1.57 bits per heavy atom. The van der Waals surface area contributed by atoms with E-state index in [9.17, 15) is 8.42 Å². The van der Waals surface area contributed by atoms with Gasteiger partial charge in [-0.15, -0.1) is 0 Å². The molecule has 0 aliphatic carbocycles. The summed E-state index contributed by atoms with van der Waals surface area (Å²) in [6.07, 6.45) is 1.29. The maximum Gasteiger partial charge on any atom is 0.232 e. The van der Waals surface area contributed by atoms with Crippen LogP contribution in [0.15, 0.2) is 18.2 Å². The summed E-state index contributed by atoms with van der Waals surface area (Å²) in [5.41, 5.74) is 2.80. The molecule has 0 spiro atoms. The van der Waals surface area contributed by atoms with E-state index in [1.54, 1.807) is 4.31 Å². The van der Waals surface area contributed by atoms with E-state index in [1.165, 1.54) is 6.26 Å². The highest BCUT2D eigenvalue weighted by molar-refractivity contribution is 7.92. The molecule has 1 atom stereocenters. The number of rotatable bonds is 7. The molecule has 21 heavy (non-hydrogen) atoms. The number of aryl methyl sites for hydroxylation is 2. The minimum absolute atomic E-state index is 0.175. The predicted octanol–water partition coefficient (Wildman–Crippen LogP) is 2.80. The number of likely N-dealkylation sites (N-methyl/N-ethyl adjacent to an activating group) is 1. The molecule has 0 aromatic heterocycles. The summed E-state index contributed by atoms with van der Waals surface area (Å²) >= 11 is 0. The maximum atomic E-state index is 12.3. The number of hydrogen-bond donors (Lipinski definition) is 0. The summed E-state index contributed by atoms with van der Waals surface area (Å²) in [5, 5.41) is 0. The molecule has 0 saturated heterocycles. The molecule has 120 valence electrons. The van der Waals surface area contributed by atoms with Gasteiger partial charge in [0.25, 0.3) is 0 Å². The molecule has 0 fully saturated rings. The summed E-state index contributed by atoms with van der Waals surface area (Å²) in [7, 11) is -3.30. The smallest absolute Gasteiger partial charge is 0.232 e. The van der Waals surface area contributed by atoms with Crippen molar-refractivity contribution in [2.24, 2.45) is 0 Å². The molecule has 0 amide bonds. The van der Waals surface area contributed by atoms with Crippen LogP contribution in [0.2, 0.25) is 0 Å². The van der Waals surface area contributed by atoms with E-state index >= 15 is 0 Å². The van der Waals surface area contributed by atoms with Crippen LogP contribution in [-0.2, 0) is 10.0 Å². The third-order valence-electron chi connectivity index (χ3n) is 3.95. The molecule has 0 heterocycles. The number of anilines is 1. The minimum Gasteiger partial charge on any atom is -0.299 e. The number of nitrogens with zero attached hydrogens (tertiary/aromatic N) is 2. The molecule has 1 rings (SSSR count). The van der Waals surface area contributed by atoms with Gasteiger partial charge in [-0.1, -0.05) is 32.0 Å². The van der Waals surface area contributed by atoms with Gasteiger partial charge in [0.2, 0.25) is 10.0 Å². The fraction of sp³-hybridized carbons (Fsp3) is 0.625. The number of sulfonamides is 1. The van der Waals surface area contributed by atoms with Crippen molar-refractivity contribution in [2.75, 3.05) is 30.2 Å². The van der Waals surface area contributed by atoms with Crippen LogP contribution in [0.3, 0.4) is 0 Å². The summed E-state index contributed by atoms with van der Waals surface area (Å²) in [4.78, 5) is 2.27. The van der Waals surface area contributed by atoms with E-state index in [0.717, 1.165) is 29.9 Å². The summed E-state index contributed by atoms with van der Waals surface area (Å²) < 4.78 is 26.1. The molecule has 4 nitrogen and oxygen atoms in total. The largest absolute Gasteiger partial charge is 0.299 e. The third-order valence-corrected chi connectivity index (χ3v) is 5.09. The lowest BCUT2D eigenvalue weighted by Gasteiger charge is -2.33. The van der Waals surface area contributed by atoms with E-state index in [2.05, 4.69) is 25.7 Å². The Morgan fingerprint density at radius 1 is 1.10 bits per heavy atom. The molecule has 0 bridgehead atoms. The van der Waals surface area contributed by atoms with Crippen LogP contribution in [-0.4, -0.2) is 45.2 Å². The summed E-state index contributed by atoms with van der Waals surface area (Å²) in [6.45, 7) is 12.5.